The number of methoxy groups -OCH3 is 1. The van der Waals surface area contributed by atoms with Gasteiger partial charge in [-0.3, -0.25) is 4.79 Å². The van der Waals surface area contributed by atoms with Gasteiger partial charge in [0.2, 0.25) is 0 Å². The first-order valence-corrected chi connectivity index (χ1v) is 8.37. The fourth-order valence-electron chi connectivity index (χ4n) is 2.04. The van der Waals surface area contributed by atoms with Crippen molar-refractivity contribution in [2.75, 3.05) is 19.0 Å². The highest BCUT2D eigenvalue weighted by Gasteiger charge is 2.21. The van der Waals surface area contributed by atoms with E-state index in [4.69, 9.17) is 16.3 Å². The summed E-state index contributed by atoms with van der Waals surface area (Å²) >= 11 is 6.93. The lowest BCUT2D eigenvalue weighted by atomic mass is 10.2. The maximum absolute atomic E-state index is 12.1. The van der Waals surface area contributed by atoms with Crippen LogP contribution < -0.4 is 10.1 Å². The lowest BCUT2D eigenvalue weighted by Gasteiger charge is -2.08. The fourth-order valence-corrected chi connectivity index (χ4v) is 3.25. The van der Waals surface area contributed by atoms with Crippen molar-refractivity contribution in [3.8, 4) is 11.8 Å². The number of anilines is 1. The van der Waals surface area contributed by atoms with Crippen molar-refractivity contribution in [2.45, 2.75) is 13.8 Å². The molecule has 1 aromatic heterocycles. The summed E-state index contributed by atoms with van der Waals surface area (Å²) in [6.07, 6.45) is 0. The van der Waals surface area contributed by atoms with Gasteiger partial charge in [-0.05, 0) is 43.2 Å². The molecule has 1 amide bonds. The van der Waals surface area contributed by atoms with Crippen LogP contribution >= 0.6 is 22.9 Å². The van der Waals surface area contributed by atoms with Crippen LogP contribution in [0.3, 0.4) is 0 Å². The molecule has 2 rings (SSSR count). The summed E-state index contributed by atoms with van der Waals surface area (Å²) in [6, 6.07) is 7.06. The highest BCUT2D eigenvalue weighted by Crippen LogP contribution is 2.33. The smallest absolute Gasteiger partial charge is 0.348 e. The van der Waals surface area contributed by atoms with Crippen LogP contribution in [0.25, 0.3) is 0 Å². The van der Waals surface area contributed by atoms with E-state index in [-0.39, 0.29) is 17.0 Å². The molecule has 0 radical (unpaired) electrons. The fraction of sp³-hybridized carbons (Fsp3) is 0.235. The monoisotopic (exact) mass is 378 g/mol. The van der Waals surface area contributed by atoms with E-state index in [0.29, 0.717) is 21.3 Å². The van der Waals surface area contributed by atoms with E-state index in [1.54, 1.807) is 25.1 Å². The van der Waals surface area contributed by atoms with Crippen LogP contribution in [0.1, 0.15) is 26.4 Å². The van der Waals surface area contributed by atoms with Gasteiger partial charge in [0, 0.05) is 5.02 Å². The van der Waals surface area contributed by atoms with Gasteiger partial charge in [0.05, 0.1) is 12.7 Å². The van der Waals surface area contributed by atoms with Crippen molar-refractivity contribution in [3.63, 3.8) is 0 Å². The summed E-state index contributed by atoms with van der Waals surface area (Å²) in [5.41, 5.74) is 1.55. The van der Waals surface area contributed by atoms with E-state index < -0.39 is 11.9 Å². The Morgan fingerprint density at radius 2 is 2.08 bits per heavy atom. The Morgan fingerprint density at radius 1 is 1.36 bits per heavy atom. The van der Waals surface area contributed by atoms with E-state index in [0.717, 1.165) is 16.9 Å². The van der Waals surface area contributed by atoms with E-state index >= 15 is 0 Å². The molecule has 1 aromatic carbocycles. The van der Waals surface area contributed by atoms with Crippen molar-refractivity contribution < 1.29 is 19.1 Å². The van der Waals surface area contributed by atoms with Crippen LogP contribution in [0.4, 0.5) is 5.00 Å². The zero-order chi connectivity index (χ0) is 18.6. The Morgan fingerprint density at radius 3 is 2.68 bits per heavy atom. The number of aryl methyl sites for hydroxylation is 1. The largest absolute Gasteiger partial charge is 0.484 e. The third-order valence-electron chi connectivity index (χ3n) is 3.38. The molecule has 8 heteroatoms. The number of nitrogens with one attached hydrogen (secondary N) is 1. The first kappa shape index (κ1) is 18.8. The number of nitrogens with zero attached hydrogens (tertiary/aromatic N) is 1. The van der Waals surface area contributed by atoms with Crippen LogP contribution in [0.2, 0.25) is 5.02 Å². The molecule has 6 nitrogen and oxygen atoms in total. The minimum absolute atomic E-state index is 0.237. The Labute approximate surface area is 153 Å². The number of carbonyl (C=O) groups excluding carboxylic acids is 2. The van der Waals surface area contributed by atoms with Gasteiger partial charge < -0.3 is 14.8 Å². The Bertz CT molecular complexity index is 870. The van der Waals surface area contributed by atoms with Crippen molar-refractivity contribution >= 4 is 39.8 Å². The summed E-state index contributed by atoms with van der Waals surface area (Å²) < 4.78 is 10.1. The standard InChI is InChI=1S/C17H15ClN2O4S/c1-9-6-11(4-5-13(9)18)24-8-14(21)20-16-12(7-19)10(2)15(25-16)17(22)23-3/h4-6H,8H2,1-3H3,(H,20,21). The number of hydrogen-bond donors (Lipinski definition) is 1. The van der Waals surface area contributed by atoms with E-state index in [1.165, 1.54) is 7.11 Å². The molecule has 1 N–H and O–H groups in total. The second kappa shape index (κ2) is 8.01. The molecule has 0 spiro atoms. The molecule has 0 fully saturated rings. The molecule has 2 aromatic rings. The van der Waals surface area contributed by atoms with Gasteiger partial charge in [-0.25, -0.2) is 4.79 Å². The van der Waals surface area contributed by atoms with Crippen LogP contribution in [0.5, 0.6) is 5.75 Å². The number of nitriles is 1. The van der Waals surface area contributed by atoms with Gasteiger partial charge in [-0.1, -0.05) is 11.6 Å². The quantitative estimate of drug-likeness (QED) is 0.801. The Hall–Kier alpha value is -2.56. The maximum Gasteiger partial charge on any atom is 0.348 e. The first-order chi connectivity index (χ1) is 11.9. The zero-order valence-electron chi connectivity index (χ0n) is 13.8. The third-order valence-corrected chi connectivity index (χ3v) is 4.99. The number of ether oxygens (including phenoxy) is 2. The number of halogens is 1. The minimum atomic E-state index is -0.549. The summed E-state index contributed by atoms with van der Waals surface area (Å²) in [5, 5.41) is 12.8. The van der Waals surface area contributed by atoms with Crippen molar-refractivity contribution in [1.82, 2.24) is 0 Å². The normalized spacial score (nSPS) is 10.0. The topological polar surface area (TPSA) is 88.4 Å². The maximum atomic E-state index is 12.1. The number of benzene rings is 1. The molecular weight excluding hydrogens is 364 g/mol. The van der Waals surface area contributed by atoms with Crippen LogP contribution in [-0.4, -0.2) is 25.6 Å². The second-order valence-electron chi connectivity index (χ2n) is 5.11. The number of esters is 1. The number of hydrogen-bond acceptors (Lipinski definition) is 6. The highest BCUT2D eigenvalue weighted by atomic mass is 35.5. The van der Waals surface area contributed by atoms with Crippen LogP contribution in [0, 0.1) is 25.2 Å². The number of rotatable bonds is 5. The number of thiophene rings is 1. The molecule has 0 saturated heterocycles. The molecule has 1 heterocycles. The van der Waals surface area contributed by atoms with Crippen molar-refractivity contribution in [3.05, 3.63) is 44.8 Å². The number of amides is 1. The molecule has 0 aliphatic rings. The first-order valence-electron chi connectivity index (χ1n) is 7.18. The predicted molar refractivity (Wildman–Crippen MR) is 95.4 cm³/mol. The summed E-state index contributed by atoms with van der Waals surface area (Å²) in [4.78, 5) is 24.1. The molecule has 0 unspecified atom stereocenters. The Balaban J connectivity index is 2.08. The molecule has 130 valence electrons. The summed E-state index contributed by atoms with van der Waals surface area (Å²) in [6.45, 7) is 3.22. The van der Waals surface area contributed by atoms with Gasteiger partial charge in [0.25, 0.3) is 5.91 Å². The average Bonchev–Trinajstić information content (AvgIpc) is 2.90. The molecule has 0 aliphatic carbocycles. The predicted octanol–water partition coefficient (Wildman–Crippen LogP) is 3.69. The van der Waals surface area contributed by atoms with E-state index in [1.807, 2.05) is 13.0 Å². The van der Waals surface area contributed by atoms with E-state index in [9.17, 15) is 14.9 Å². The van der Waals surface area contributed by atoms with Gasteiger partial charge in [0.15, 0.2) is 6.61 Å². The zero-order valence-corrected chi connectivity index (χ0v) is 15.4. The van der Waals surface area contributed by atoms with E-state index in [2.05, 4.69) is 10.1 Å². The Kier molecular flexibility index (Phi) is 6.02. The molecule has 0 bridgehead atoms. The van der Waals surface area contributed by atoms with Gasteiger partial charge in [0.1, 0.15) is 21.7 Å². The van der Waals surface area contributed by atoms with Gasteiger partial charge in [-0.15, -0.1) is 11.3 Å². The van der Waals surface area contributed by atoms with Gasteiger partial charge in [-0.2, -0.15) is 5.26 Å². The average molecular weight is 379 g/mol. The molecule has 25 heavy (non-hydrogen) atoms. The molecule has 0 saturated carbocycles. The van der Waals surface area contributed by atoms with Gasteiger partial charge >= 0.3 is 5.97 Å². The summed E-state index contributed by atoms with van der Waals surface area (Å²) in [5.74, 6) is -0.482. The van der Waals surface area contributed by atoms with Crippen molar-refractivity contribution in [2.24, 2.45) is 0 Å². The molecular formula is C17H15ClN2O4S. The van der Waals surface area contributed by atoms with Crippen LogP contribution in [-0.2, 0) is 9.53 Å². The summed E-state index contributed by atoms with van der Waals surface area (Å²) in [7, 11) is 1.26. The lowest BCUT2D eigenvalue weighted by Crippen LogP contribution is -2.20. The van der Waals surface area contributed by atoms with Crippen LogP contribution in [0.15, 0.2) is 18.2 Å². The lowest BCUT2D eigenvalue weighted by molar-refractivity contribution is -0.118. The third kappa shape index (κ3) is 4.29. The second-order valence-corrected chi connectivity index (χ2v) is 6.54. The highest BCUT2D eigenvalue weighted by molar-refractivity contribution is 7.18. The minimum Gasteiger partial charge on any atom is -0.484 e. The molecule has 0 atom stereocenters. The SMILES string of the molecule is COC(=O)c1sc(NC(=O)COc2ccc(Cl)c(C)c2)c(C#N)c1C. The molecule has 0 aliphatic heterocycles. The number of carbonyl (C=O) groups is 2. The van der Waals surface area contributed by atoms with Crippen molar-refractivity contribution in [1.29, 1.82) is 5.26 Å².